The molecule has 3 heteroatoms. The predicted molar refractivity (Wildman–Crippen MR) is 88.6 cm³/mol. The molecule has 2 aromatic rings. The Labute approximate surface area is 131 Å². The zero-order valence-electron chi connectivity index (χ0n) is 13.4. The topological polar surface area (TPSA) is 50.4 Å². The Morgan fingerprint density at radius 3 is 2.64 bits per heavy atom. The van der Waals surface area contributed by atoms with Crippen LogP contribution in [0.3, 0.4) is 0 Å². The predicted octanol–water partition coefficient (Wildman–Crippen LogP) is 4.81. The quantitative estimate of drug-likeness (QED) is 0.824. The van der Waals surface area contributed by atoms with Crippen LogP contribution in [-0.2, 0) is 5.41 Å². The molecular formula is C19H24O3. The summed E-state index contributed by atoms with van der Waals surface area (Å²) in [6.45, 7) is 3.92. The average molecular weight is 300 g/mol. The number of rotatable bonds is 4. The van der Waals surface area contributed by atoms with Crippen molar-refractivity contribution in [2.75, 3.05) is 0 Å². The van der Waals surface area contributed by atoms with E-state index in [4.69, 9.17) is 4.42 Å². The number of aryl methyl sites for hydroxylation is 1. The molecule has 0 saturated heterocycles. The lowest BCUT2D eigenvalue weighted by molar-refractivity contribution is 0.387. The summed E-state index contributed by atoms with van der Waals surface area (Å²) in [5.41, 5.74) is 1.99. The van der Waals surface area contributed by atoms with Crippen LogP contribution in [0.15, 0.2) is 27.4 Å². The van der Waals surface area contributed by atoms with Crippen molar-refractivity contribution < 1.29 is 9.52 Å². The molecule has 0 bridgehead atoms. The normalized spacial score (nSPS) is 17.2. The highest BCUT2D eigenvalue weighted by atomic mass is 16.4. The van der Waals surface area contributed by atoms with E-state index in [9.17, 15) is 9.90 Å². The molecule has 1 aliphatic rings. The fourth-order valence-corrected chi connectivity index (χ4v) is 3.85. The van der Waals surface area contributed by atoms with Crippen molar-refractivity contribution in [2.24, 2.45) is 0 Å². The molecule has 3 nitrogen and oxygen atoms in total. The Morgan fingerprint density at radius 2 is 1.95 bits per heavy atom. The third-order valence-corrected chi connectivity index (χ3v) is 5.19. The monoisotopic (exact) mass is 300 g/mol. The summed E-state index contributed by atoms with van der Waals surface area (Å²) in [7, 11) is 0. The zero-order chi connectivity index (χ0) is 15.7. The third kappa shape index (κ3) is 2.53. The van der Waals surface area contributed by atoms with Crippen LogP contribution in [0.1, 0.15) is 63.0 Å². The van der Waals surface area contributed by atoms with Gasteiger partial charge in [0, 0.05) is 5.56 Å². The first kappa shape index (κ1) is 15.1. The number of phenols is 1. The Morgan fingerprint density at radius 1 is 1.23 bits per heavy atom. The fourth-order valence-electron chi connectivity index (χ4n) is 3.85. The van der Waals surface area contributed by atoms with E-state index in [2.05, 4.69) is 6.92 Å². The van der Waals surface area contributed by atoms with Crippen molar-refractivity contribution >= 4 is 11.0 Å². The van der Waals surface area contributed by atoms with Crippen molar-refractivity contribution in [3.8, 4) is 5.75 Å². The van der Waals surface area contributed by atoms with E-state index in [1.165, 1.54) is 25.7 Å². The molecule has 3 rings (SSSR count). The molecule has 1 aromatic heterocycles. The first-order valence-electron chi connectivity index (χ1n) is 8.34. The number of hydrogen-bond donors (Lipinski definition) is 1. The van der Waals surface area contributed by atoms with Gasteiger partial charge < -0.3 is 9.52 Å². The fraction of sp³-hybridized carbons (Fsp3) is 0.526. The van der Waals surface area contributed by atoms with Crippen molar-refractivity contribution in [3.05, 3.63) is 39.7 Å². The number of hydrogen-bond acceptors (Lipinski definition) is 3. The second-order valence-electron chi connectivity index (χ2n) is 6.72. The Kier molecular flexibility index (Phi) is 3.98. The van der Waals surface area contributed by atoms with Gasteiger partial charge in [0.05, 0.1) is 5.39 Å². The third-order valence-electron chi connectivity index (χ3n) is 5.19. The standard InChI is InChI=1S/C19H24O3/c1-3-4-7-19(8-5-6-9-19)14-11-16(20)15-10-13(2)18(21)22-17(15)12-14/h10-12,20H,3-9H2,1-2H3. The highest BCUT2D eigenvalue weighted by molar-refractivity contribution is 5.84. The van der Waals surface area contributed by atoms with Crippen LogP contribution < -0.4 is 5.63 Å². The maximum atomic E-state index is 11.8. The Balaban J connectivity index is 2.13. The Hall–Kier alpha value is -1.77. The Bertz CT molecular complexity index is 736. The van der Waals surface area contributed by atoms with Crippen LogP contribution in [0.25, 0.3) is 11.0 Å². The summed E-state index contributed by atoms with van der Waals surface area (Å²) in [4.78, 5) is 11.8. The van der Waals surface area contributed by atoms with Crippen LogP contribution in [0.4, 0.5) is 0 Å². The van der Waals surface area contributed by atoms with Gasteiger partial charge in [0.1, 0.15) is 11.3 Å². The summed E-state index contributed by atoms with van der Waals surface area (Å²) in [6.07, 6.45) is 8.31. The summed E-state index contributed by atoms with van der Waals surface area (Å²) < 4.78 is 5.41. The van der Waals surface area contributed by atoms with Gasteiger partial charge in [-0.1, -0.05) is 32.6 Å². The van der Waals surface area contributed by atoms with Crippen LogP contribution in [0.5, 0.6) is 5.75 Å². The van der Waals surface area contributed by atoms with E-state index in [0.29, 0.717) is 16.5 Å². The van der Waals surface area contributed by atoms with Gasteiger partial charge in [0.25, 0.3) is 0 Å². The largest absolute Gasteiger partial charge is 0.507 e. The zero-order valence-corrected chi connectivity index (χ0v) is 13.4. The molecule has 0 unspecified atom stereocenters. The van der Waals surface area contributed by atoms with Gasteiger partial charge in [-0.05, 0) is 55.4 Å². The van der Waals surface area contributed by atoms with Crippen molar-refractivity contribution in [1.29, 1.82) is 0 Å². The molecule has 0 radical (unpaired) electrons. The second kappa shape index (κ2) is 5.79. The van der Waals surface area contributed by atoms with Crippen LogP contribution >= 0.6 is 0 Å². The molecule has 1 fully saturated rings. The summed E-state index contributed by atoms with van der Waals surface area (Å²) in [6, 6.07) is 5.59. The van der Waals surface area contributed by atoms with Gasteiger partial charge in [0.2, 0.25) is 0 Å². The molecular weight excluding hydrogens is 276 g/mol. The van der Waals surface area contributed by atoms with E-state index in [1.54, 1.807) is 13.0 Å². The van der Waals surface area contributed by atoms with Crippen LogP contribution in [0.2, 0.25) is 0 Å². The molecule has 1 aromatic carbocycles. The molecule has 1 N–H and O–H groups in total. The first-order valence-corrected chi connectivity index (χ1v) is 8.34. The smallest absolute Gasteiger partial charge is 0.339 e. The molecule has 0 aliphatic heterocycles. The van der Waals surface area contributed by atoms with E-state index in [1.807, 2.05) is 12.1 Å². The molecule has 1 aliphatic carbocycles. The number of benzene rings is 1. The number of aromatic hydroxyl groups is 1. The van der Waals surface area contributed by atoms with Gasteiger partial charge >= 0.3 is 5.63 Å². The maximum absolute atomic E-state index is 11.8. The van der Waals surface area contributed by atoms with Gasteiger partial charge in [0.15, 0.2) is 0 Å². The van der Waals surface area contributed by atoms with Crippen molar-refractivity contribution in [2.45, 2.75) is 64.2 Å². The molecule has 0 atom stereocenters. The van der Waals surface area contributed by atoms with Gasteiger partial charge in [-0.15, -0.1) is 0 Å². The van der Waals surface area contributed by atoms with Crippen LogP contribution in [0, 0.1) is 6.92 Å². The lowest BCUT2D eigenvalue weighted by Gasteiger charge is -2.30. The lowest BCUT2D eigenvalue weighted by atomic mass is 9.74. The average Bonchev–Trinajstić information content (AvgIpc) is 2.97. The van der Waals surface area contributed by atoms with Crippen molar-refractivity contribution in [3.63, 3.8) is 0 Å². The molecule has 22 heavy (non-hydrogen) atoms. The van der Waals surface area contributed by atoms with E-state index >= 15 is 0 Å². The summed E-state index contributed by atoms with van der Waals surface area (Å²) >= 11 is 0. The SMILES string of the molecule is CCCCC1(c2cc(O)c3cc(C)c(=O)oc3c2)CCCC1. The molecule has 1 saturated carbocycles. The number of unbranched alkanes of at least 4 members (excludes halogenated alkanes) is 1. The maximum Gasteiger partial charge on any atom is 0.339 e. The summed E-state index contributed by atoms with van der Waals surface area (Å²) in [5, 5.41) is 11.0. The molecule has 0 amide bonds. The van der Waals surface area contributed by atoms with E-state index < -0.39 is 0 Å². The van der Waals surface area contributed by atoms with Gasteiger partial charge in [-0.3, -0.25) is 0 Å². The van der Waals surface area contributed by atoms with Crippen molar-refractivity contribution in [1.82, 2.24) is 0 Å². The second-order valence-corrected chi connectivity index (χ2v) is 6.72. The van der Waals surface area contributed by atoms with E-state index in [-0.39, 0.29) is 16.8 Å². The summed E-state index contributed by atoms with van der Waals surface area (Å²) in [5.74, 6) is 0.224. The molecule has 0 spiro atoms. The molecule has 1 heterocycles. The number of phenolic OH excluding ortho intramolecular Hbond substituents is 1. The minimum absolute atomic E-state index is 0.144. The highest BCUT2D eigenvalue weighted by Gasteiger charge is 2.35. The molecule has 118 valence electrons. The first-order chi connectivity index (χ1) is 10.6. The minimum Gasteiger partial charge on any atom is -0.507 e. The van der Waals surface area contributed by atoms with Gasteiger partial charge in [-0.2, -0.15) is 0 Å². The van der Waals surface area contributed by atoms with E-state index in [0.717, 1.165) is 24.8 Å². The van der Waals surface area contributed by atoms with Crippen LogP contribution in [-0.4, -0.2) is 5.11 Å². The highest BCUT2D eigenvalue weighted by Crippen LogP contribution is 2.46. The number of fused-ring (bicyclic) bond motifs is 1. The lowest BCUT2D eigenvalue weighted by Crippen LogP contribution is -2.22. The van der Waals surface area contributed by atoms with Gasteiger partial charge in [-0.25, -0.2) is 4.79 Å². The minimum atomic E-state index is -0.321.